The summed E-state index contributed by atoms with van der Waals surface area (Å²) in [6.07, 6.45) is 2.53. The van der Waals surface area contributed by atoms with Gasteiger partial charge in [-0.05, 0) is 37.4 Å². The molecule has 0 aliphatic heterocycles. The van der Waals surface area contributed by atoms with Crippen LogP contribution in [0.1, 0.15) is 24.7 Å². The van der Waals surface area contributed by atoms with Crippen LogP contribution in [0.15, 0.2) is 23.3 Å². The number of nitrogens with one attached hydrogen (secondary N) is 2. The molecule has 1 heterocycles. The number of aryl methyl sites for hydroxylation is 1. The molecule has 0 radical (unpaired) electrons. The molecule has 5 nitrogen and oxygen atoms in total. The molecule has 2 N–H and O–H groups in total. The van der Waals surface area contributed by atoms with Gasteiger partial charge in [-0.2, -0.15) is 5.10 Å². The number of aromatic nitrogens is 1. The van der Waals surface area contributed by atoms with E-state index in [9.17, 15) is 4.79 Å². The number of hydrogen-bond acceptors (Lipinski definition) is 4. The molecule has 6 heteroatoms. The van der Waals surface area contributed by atoms with Gasteiger partial charge in [0.05, 0.1) is 11.9 Å². The molecule has 17 heavy (non-hydrogen) atoms. The summed E-state index contributed by atoms with van der Waals surface area (Å²) in [5.41, 5.74) is 4.00. The molecule has 92 valence electrons. The fourth-order valence-corrected chi connectivity index (χ4v) is 1.52. The molecule has 0 spiro atoms. The standard InChI is InChI=1S/C11H16N4OS/c1-3-7-17-15-11(16)14-12-8-10-6-4-5-9(2)13-10/h4-6,8H,3,7H2,1-2H3,(H2,14,15,16)/b12-8+. The van der Waals surface area contributed by atoms with E-state index >= 15 is 0 Å². The van der Waals surface area contributed by atoms with Gasteiger partial charge in [-0.1, -0.05) is 13.0 Å². The molecule has 0 unspecified atom stereocenters. The van der Waals surface area contributed by atoms with Crippen molar-refractivity contribution < 1.29 is 4.79 Å². The van der Waals surface area contributed by atoms with E-state index in [4.69, 9.17) is 0 Å². The van der Waals surface area contributed by atoms with Gasteiger partial charge in [0.2, 0.25) is 0 Å². The maximum absolute atomic E-state index is 11.2. The van der Waals surface area contributed by atoms with Crippen molar-refractivity contribution >= 4 is 24.2 Å². The molecule has 0 saturated carbocycles. The second-order valence-corrected chi connectivity index (χ2v) is 4.25. The third kappa shape index (κ3) is 5.91. The van der Waals surface area contributed by atoms with Crippen molar-refractivity contribution in [1.29, 1.82) is 0 Å². The molecule has 1 aromatic heterocycles. The number of rotatable bonds is 5. The largest absolute Gasteiger partial charge is 0.345 e. The number of urea groups is 1. The maximum Gasteiger partial charge on any atom is 0.345 e. The van der Waals surface area contributed by atoms with Crippen LogP contribution < -0.4 is 10.1 Å². The van der Waals surface area contributed by atoms with Crippen molar-refractivity contribution in [2.24, 2.45) is 5.10 Å². The molecule has 0 bridgehead atoms. The highest BCUT2D eigenvalue weighted by atomic mass is 32.2. The monoisotopic (exact) mass is 252 g/mol. The Morgan fingerprint density at radius 1 is 1.59 bits per heavy atom. The molecule has 0 aliphatic carbocycles. The normalized spacial score (nSPS) is 10.5. The minimum atomic E-state index is -0.327. The lowest BCUT2D eigenvalue weighted by Gasteiger charge is -2.01. The zero-order valence-corrected chi connectivity index (χ0v) is 10.8. The van der Waals surface area contributed by atoms with Gasteiger partial charge in [0, 0.05) is 11.4 Å². The maximum atomic E-state index is 11.2. The van der Waals surface area contributed by atoms with E-state index in [1.165, 1.54) is 18.2 Å². The van der Waals surface area contributed by atoms with E-state index in [0.29, 0.717) is 5.69 Å². The highest BCUT2D eigenvalue weighted by molar-refractivity contribution is 7.97. The zero-order chi connectivity index (χ0) is 12.5. The molecule has 1 aromatic rings. The molecular formula is C11H16N4OS. The molecule has 1 rings (SSSR count). The predicted octanol–water partition coefficient (Wildman–Crippen LogP) is 2.08. The van der Waals surface area contributed by atoms with Gasteiger partial charge in [-0.3, -0.25) is 9.71 Å². The van der Waals surface area contributed by atoms with Crippen LogP contribution in [0.2, 0.25) is 0 Å². The predicted molar refractivity (Wildman–Crippen MR) is 71.0 cm³/mol. The van der Waals surface area contributed by atoms with Crippen LogP contribution in [0, 0.1) is 6.92 Å². The van der Waals surface area contributed by atoms with E-state index in [1.54, 1.807) is 0 Å². The highest BCUT2D eigenvalue weighted by Crippen LogP contribution is 1.95. The van der Waals surface area contributed by atoms with Gasteiger partial charge in [0.1, 0.15) is 0 Å². The summed E-state index contributed by atoms with van der Waals surface area (Å²) in [4.78, 5) is 15.4. The third-order valence-corrected chi connectivity index (χ3v) is 2.69. The molecule has 2 amide bonds. The lowest BCUT2D eigenvalue weighted by Crippen LogP contribution is -2.27. The Kier molecular flexibility index (Phi) is 6.09. The van der Waals surface area contributed by atoms with Crippen LogP contribution in [-0.2, 0) is 0 Å². The van der Waals surface area contributed by atoms with Gasteiger partial charge >= 0.3 is 6.03 Å². The number of hydrazone groups is 1. The summed E-state index contributed by atoms with van der Waals surface area (Å²) in [7, 11) is 0. The molecule has 0 atom stereocenters. The smallest absolute Gasteiger partial charge is 0.280 e. The number of nitrogens with zero attached hydrogens (tertiary/aromatic N) is 2. The van der Waals surface area contributed by atoms with E-state index in [0.717, 1.165) is 17.9 Å². The quantitative estimate of drug-likeness (QED) is 0.365. The van der Waals surface area contributed by atoms with Gasteiger partial charge in [-0.25, -0.2) is 10.2 Å². The van der Waals surface area contributed by atoms with Crippen LogP contribution in [-0.4, -0.2) is 23.0 Å². The van der Waals surface area contributed by atoms with Gasteiger partial charge in [0.25, 0.3) is 0 Å². The Morgan fingerprint density at radius 3 is 3.12 bits per heavy atom. The minimum Gasteiger partial charge on any atom is -0.280 e. The summed E-state index contributed by atoms with van der Waals surface area (Å²) in [5.74, 6) is 0.885. The van der Waals surface area contributed by atoms with Gasteiger partial charge < -0.3 is 0 Å². The average Bonchev–Trinajstić information content (AvgIpc) is 2.29. The summed E-state index contributed by atoms with van der Waals surface area (Å²) >= 11 is 1.36. The summed E-state index contributed by atoms with van der Waals surface area (Å²) < 4.78 is 2.61. The van der Waals surface area contributed by atoms with Crippen LogP contribution in [0.25, 0.3) is 0 Å². The van der Waals surface area contributed by atoms with Crippen molar-refractivity contribution in [2.45, 2.75) is 20.3 Å². The molecule has 0 aliphatic rings. The van der Waals surface area contributed by atoms with Gasteiger partial charge in [-0.15, -0.1) is 0 Å². The van der Waals surface area contributed by atoms with E-state index in [-0.39, 0.29) is 6.03 Å². The van der Waals surface area contributed by atoms with Crippen molar-refractivity contribution in [1.82, 2.24) is 15.1 Å². The van der Waals surface area contributed by atoms with E-state index in [2.05, 4.69) is 20.2 Å². The Morgan fingerprint density at radius 2 is 2.41 bits per heavy atom. The van der Waals surface area contributed by atoms with Crippen molar-refractivity contribution in [2.75, 3.05) is 5.75 Å². The Bertz CT molecular complexity index is 395. The summed E-state index contributed by atoms with van der Waals surface area (Å²) in [5, 5.41) is 3.80. The van der Waals surface area contributed by atoms with Crippen LogP contribution in [0.5, 0.6) is 0 Å². The minimum absolute atomic E-state index is 0.327. The lowest BCUT2D eigenvalue weighted by molar-refractivity contribution is 0.247. The number of pyridine rings is 1. The third-order valence-electron chi connectivity index (χ3n) is 1.74. The van der Waals surface area contributed by atoms with Crippen molar-refractivity contribution in [3.8, 4) is 0 Å². The molecule has 0 aromatic carbocycles. The van der Waals surface area contributed by atoms with Crippen molar-refractivity contribution in [3.05, 3.63) is 29.6 Å². The highest BCUT2D eigenvalue weighted by Gasteiger charge is 1.96. The Hall–Kier alpha value is -1.56. The fraction of sp³-hybridized carbons (Fsp3) is 0.364. The van der Waals surface area contributed by atoms with Crippen molar-refractivity contribution in [3.63, 3.8) is 0 Å². The molecule has 0 fully saturated rings. The summed E-state index contributed by atoms with van der Waals surface area (Å²) in [6.45, 7) is 3.95. The molecular weight excluding hydrogens is 236 g/mol. The number of carbonyl (C=O) groups is 1. The Balaban J connectivity index is 2.32. The zero-order valence-electron chi connectivity index (χ0n) is 9.93. The van der Waals surface area contributed by atoms with E-state index in [1.807, 2.05) is 32.0 Å². The second kappa shape index (κ2) is 7.67. The van der Waals surface area contributed by atoms with Crippen LogP contribution >= 0.6 is 11.9 Å². The Labute approximate surface area is 105 Å². The summed E-state index contributed by atoms with van der Waals surface area (Å²) in [6, 6.07) is 5.29. The average molecular weight is 252 g/mol. The SMILES string of the molecule is CCCSNC(=O)N/N=C/c1cccc(C)n1. The second-order valence-electron chi connectivity index (χ2n) is 3.35. The van der Waals surface area contributed by atoms with Gasteiger partial charge in [0.15, 0.2) is 0 Å². The first-order valence-corrected chi connectivity index (χ1v) is 6.35. The number of amides is 2. The lowest BCUT2D eigenvalue weighted by atomic mass is 10.3. The first-order valence-electron chi connectivity index (χ1n) is 5.37. The fourth-order valence-electron chi connectivity index (χ4n) is 1.03. The first kappa shape index (κ1) is 13.5. The van der Waals surface area contributed by atoms with Crippen LogP contribution in [0.3, 0.4) is 0 Å². The molecule has 0 saturated heterocycles. The number of hydrogen-bond donors (Lipinski definition) is 2. The van der Waals surface area contributed by atoms with E-state index < -0.39 is 0 Å². The van der Waals surface area contributed by atoms with Crippen LogP contribution in [0.4, 0.5) is 4.79 Å². The number of carbonyl (C=O) groups excluding carboxylic acids is 1. The topological polar surface area (TPSA) is 66.4 Å². The first-order chi connectivity index (χ1) is 8.22.